The average molecular weight is 351 g/mol. The first-order chi connectivity index (χ1) is 11.3. The van der Waals surface area contributed by atoms with Crippen LogP contribution in [0.15, 0.2) is 16.1 Å². The smallest absolute Gasteiger partial charge is 0.256 e. The summed E-state index contributed by atoms with van der Waals surface area (Å²) >= 11 is 0. The molecule has 0 unspecified atom stereocenters. The van der Waals surface area contributed by atoms with Gasteiger partial charge >= 0.3 is 0 Å². The van der Waals surface area contributed by atoms with Crippen molar-refractivity contribution in [1.29, 1.82) is 0 Å². The molecule has 2 aromatic heterocycles. The lowest BCUT2D eigenvalue weighted by Gasteiger charge is -2.27. The van der Waals surface area contributed by atoms with E-state index in [9.17, 15) is 13.2 Å². The highest BCUT2D eigenvalue weighted by atomic mass is 32.2. The number of hydrogen-bond donors (Lipinski definition) is 1. The fraction of sp³-hybridized carbons (Fsp3) is 0.533. The van der Waals surface area contributed by atoms with Gasteiger partial charge in [0.2, 0.25) is 15.0 Å². The molecule has 2 aromatic rings. The summed E-state index contributed by atoms with van der Waals surface area (Å²) in [6, 6.07) is 0. The summed E-state index contributed by atoms with van der Waals surface area (Å²) in [6.07, 6.45) is 3.47. The second-order valence-electron chi connectivity index (χ2n) is 6.10. The van der Waals surface area contributed by atoms with Gasteiger partial charge in [-0.2, -0.15) is 5.10 Å². The molecule has 24 heavy (non-hydrogen) atoms. The van der Waals surface area contributed by atoms with Crippen molar-refractivity contribution in [2.24, 2.45) is 0 Å². The third-order valence-corrected chi connectivity index (χ3v) is 5.27. The highest BCUT2D eigenvalue weighted by molar-refractivity contribution is 7.90. The second-order valence-corrected chi connectivity index (χ2v) is 8.03. The Bertz CT molecular complexity index is 929. The Morgan fingerprint density at radius 1 is 1.38 bits per heavy atom. The number of aromatic amines is 1. The number of fused-ring (bicyclic) bond motifs is 1. The van der Waals surface area contributed by atoms with Crippen LogP contribution in [-0.2, 0) is 35.9 Å². The molecular weight excluding hydrogens is 330 g/mol. The van der Waals surface area contributed by atoms with Crippen molar-refractivity contribution in [1.82, 2.24) is 24.6 Å². The number of aromatic nitrogens is 4. The molecule has 9 heteroatoms. The molecule has 0 amide bonds. The average Bonchev–Trinajstić information content (AvgIpc) is 2.87. The summed E-state index contributed by atoms with van der Waals surface area (Å²) < 4.78 is 25.1. The SMILES string of the molecule is CCn1ncc(CN2CCc3nc(S(C)(=O)=O)[nH]c(=O)c3C2)c1C. The highest BCUT2D eigenvalue weighted by Crippen LogP contribution is 2.18. The maximum atomic E-state index is 12.2. The van der Waals surface area contributed by atoms with Crippen molar-refractivity contribution in [3.05, 3.63) is 39.1 Å². The van der Waals surface area contributed by atoms with Gasteiger partial charge in [0.15, 0.2) is 0 Å². The van der Waals surface area contributed by atoms with E-state index >= 15 is 0 Å². The molecule has 0 fully saturated rings. The van der Waals surface area contributed by atoms with Gasteiger partial charge in [-0.25, -0.2) is 13.4 Å². The molecule has 1 N–H and O–H groups in total. The predicted molar refractivity (Wildman–Crippen MR) is 88.4 cm³/mol. The van der Waals surface area contributed by atoms with Gasteiger partial charge in [-0.05, 0) is 13.8 Å². The molecule has 130 valence electrons. The van der Waals surface area contributed by atoms with E-state index in [4.69, 9.17) is 0 Å². The van der Waals surface area contributed by atoms with Crippen molar-refractivity contribution in [2.45, 2.75) is 45.1 Å². The van der Waals surface area contributed by atoms with Crippen LogP contribution >= 0.6 is 0 Å². The number of hydrogen-bond acceptors (Lipinski definition) is 6. The summed E-state index contributed by atoms with van der Waals surface area (Å²) in [5.74, 6) is 0. The van der Waals surface area contributed by atoms with E-state index in [1.807, 2.05) is 24.7 Å². The Hall–Kier alpha value is -2.00. The molecule has 3 heterocycles. The fourth-order valence-electron chi connectivity index (χ4n) is 2.97. The summed E-state index contributed by atoms with van der Waals surface area (Å²) in [5.41, 5.74) is 3.02. The zero-order chi connectivity index (χ0) is 17.5. The number of nitrogens with zero attached hydrogens (tertiary/aromatic N) is 4. The number of aryl methyl sites for hydroxylation is 1. The summed E-state index contributed by atoms with van der Waals surface area (Å²) in [4.78, 5) is 20.9. The first-order valence-electron chi connectivity index (χ1n) is 7.85. The van der Waals surface area contributed by atoms with E-state index in [-0.39, 0.29) is 10.7 Å². The zero-order valence-corrected chi connectivity index (χ0v) is 14.9. The van der Waals surface area contributed by atoms with Gasteiger partial charge in [0.25, 0.3) is 5.56 Å². The van der Waals surface area contributed by atoms with Gasteiger partial charge in [0, 0.05) is 50.1 Å². The van der Waals surface area contributed by atoms with Crippen LogP contribution in [0.2, 0.25) is 0 Å². The van der Waals surface area contributed by atoms with Crippen molar-refractivity contribution >= 4 is 9.84 Å². The summed E-state index contributed by atoms with van der Waals surface area (Å²) in [5, 5.41) is 4.09. The quantitative estimate of drug-likeness (QED) is 0.793. The molecule has 8 nitrogen and oxygen atoms in total. The Morgan fingerprint density at radius 3 is 2.75 bits per heavy atom. The zero-order valence-electron chi connectivity index (χ0n) is 14.0. The van der Waals surface area contributed by atoms with Crippen LogP contribution in [-0.4, -0.2) is 45.9 Å². The molecule has 1 aliphatic heterocycles. The normalized spacial score (nSPS) is 15.5. The minimum atomic E-state index is -3.52. The second kappa shape index (κ2) is 6.14. The van der Waals surface area contributed by atoms with Gasteiger partial charge in [0.1, 0.15) is 0 Å². The van der Waals surface area contributed by atoms with Crippen LogP contribution in [0.25, 0.3) is 0 Å². The molecule has 3 rings (SSSR count). The maximum Gasteiger partial charge on any atom is 0.256 e. The number of sulfone groups is 1. The largest absolute Gasteiger partial charge is 0.297 e. The number of nitrogens with one attached hydrogen (secondary N) is 1. The lowest BCUT2D eigenvalue weighted by molar-refractivity contribution is 0.240. The highest BCUT2D eigenvalue weighted by Gasteiger charge is 2.24. The van der Waals surface area contributed by atoms with Crippen LogP contribution in [0.5, 0.6) is 0 Å². The molecule has 0 aromatic carbocycles. The van der Waals surface area contributed by atoms with E-state index in [1.165, 1.54) is 0 Å². The topological polar surface area (TPSA) is 101 Å². The minimum absolute atomic E-state index is 0.250. The summed E-state index contributed by atoms with van der Waals surface area (Å²) in [7, 11) is -3.52. The Labute approximate surface area is 140 Å². The molecule has 0 atom stereocenters. The fourth-order valence-corrected chi connectivity index (χ4v) is 3.52. The van der Waals surface area contributed by atoms with Crippen molar-refractivity contribution < 1.29 is 8.42 Å². The maximum absolute atomic E-state index is 12.2. The molecule has 0 saturated carbocycles. The van der Waals surface area contributed by atoms with Gasteiger partial charge in [-0.15, -0.1) is 0 Å². The van der Waals surface area contributed by atoms with Gasteiger partial charge in [-0.1, -0.05) is 0 Å². The lowest BCUT2D eigenvalue weighted by atomic mass is 10.1. The molecule has 0 bridgehead atoms. The van der Waals surface area contributed by atoms with E-state index < -0.39 is 9.84 Å². The first kappa shape index (κ1) is 16.8. The molecule has 1 aliphatic rings. The van der Waals surface area contributed by atoms with E-state index in [0.717, 1.165) is 30.6 Å². The lowest BCUT2D eigenvalue weighted by Crippen LogP contribution is -2.36. The van der Waals surface area contributed by atoms with Crippen LogP contribution in [0.1, 0.15) is 29.4 Å². The molecule has 0 spiro atoms. The Kier molecular flexibility index (Phi) is 4.31. The Morgan fingerprint density at radius 2 is 2.12 bits per heavy atom. The standard InChI is InChI=1S/C15H21N5O3S/c1-4-20-10(2)11(7-16-20)8-19-6-5-13-12(9-19)14(21)18-15(17-13)24(3,22)23/h7H,4-6,8-9H2,1-3H3,(H,17,18,21). The van der Waals surface area contributed by atoms with Gasteiger partial charge in [-0.3, -0.25) is 19.4 Å². The molecule has 0 aliphatic carbocycles. The predicted octanol–water partition coefficient (Wildman–Crippen LogP) is 0.257. The number of H-pyrrole nitrogens is 1. The van der Waals surface area contributed by atoms with Crippen molar-refractivity contribution in [2.75, 3.05) is 12.8 Å². The van der Waals surface area contributed by atoms with E-state index in [2.05, 4.69) is 20.0 Å². The van der Waals surface area contributed by atoms with Gasteiger partial charge in [0.05, 0.1) is 17.5 Å². The van der Waals surface area contributed by atoms with Crippen LogP contribution in [0.3, 0.4) is 0 Å². The monoisotopic (exact) mass is 351 g/mol. The third kappa shape index (κ3) is 3.13. The van der Waals surface area contributed by atoms with E-state index in [0.29, 0.717) is 30.8 Å². The van der Waals surface area contributed by atoms with Crippen molar-refractivity contribution in [3.8, 4) is 0 Å². The van der Waals surface area contributed by atoms with E-state index in [1.54, 1.807) is 0 Å². The van der Waals surface area contributed by atoms with Crippen LogP contribution < -0.4 is 5.56 Å². The molecular formula is C15H21N5O3S. The first-order valence-corrected chi connectivity index (χ1v) is 9.74. The number of rotatable bonds is 4. The minimum Gasteiger partial charge on any atom is -0.297 e. The van der Waals surface area contributed by atoms with Crippen molar-refractivity contribution in [3.63, 3.8) is 0 Å². The van der Waals surface area contributed by atoms with Crippen LogP contribution in [0, 0.1) is 6.92 Å². The third-order valence-electron chi connectivity index (χ3n) is 4.38. The van der Waals surface area contributed by atoms with Crippen LogP contribution in [0.4, 0.5) is 0 Å². The summed E-state index contributed by atoms with van der Waals surface area (Å²) in [6.45, 7) is 6.80. The molecule has 0 radical (unpaired) electrons. The molecule has 0 saturated heterocycles. The Balaban J connectivity index is 1.84. The van der Waals surface area contributed by atoms with Gasteiger partial charge < -0.3 is 0 Å².